The molecule has 5 nitrogen and oxygen atoms in total. The van der Waals surface area contributed by atoms with Gasteiger partial charge < -0.3 is 15.1 Å². The molecule has 1 aliphatic rings. The molecule has 0 atom stereocenters. The lowest BCUT2D eigenvalue weighted by molar-refractivity contribution is -0.116. The van der Waals surface area contributed by atoms with Crippen molar-refractivity contribution in [1.82, 2.24) is 9.88 Å². The van der Waals surface area contributed by atoms with Gasteiger partial charge in [-0.15, -0.1) is 0 Å². The Balaban J connectivity index is 1.47. The van der Waals surface area contributed by atoms with Gasteiger partial charge in [0.2, 0.25) is 5.91 Å². The smallest absolute Gasteiger partial charge is 0.225 e. The van der Waals surface area contributed by atoms with E-state index in [0.717, 1.165) is 44.8 Å². The average Bonchev–Trinajstić information content (AvgIpc) is 2.87. The van der Waals surface area contributed by atoms with E-state index in [-0.39, 0.29) is 5.91 Å². The second-order valence-electron chi connectivity index (χ2n) is 6.51. The first kappa shape index (κ1) is 17.4. The Morgan fingerprint density at radius 3 is 2.80 bits per heavy atom. The quantitative estimate of drug-likeness (QED) is 0.911. The van der Waals surface area contributed by atoms with Crippen molar-refractivity contribution >= 4 is 17.3 Å². The van der Waals surface area contributed by atoms with E-state index in [2.05, 4.69) is 51.3 Å². The lowest BCUT2D eigenvalue weighted by Crippen LogP contribution is -2.33. The number of benzene rings is 1. The van der Waals surface area contributed by atoms with Crippen molar-refractivity contribution in [3.8, 4) is 0 Å². The topological polar surface area (TPSA) is 48.5 Å². The highest BCUT2D eigenvalue weighted by Crippen LogP contribution is 2.20. The van der Waals surface area contributed by atoms with E-state index >= 15 is 0 Å². The minimum Gasteiger partial charge on any atom is -0.370 e. The molecule has 1 aliphatic heterocycles. The third-order valence-corrected chi connectivity index (χ3v) is 4.65. The average molecular weight is 338 g/mol. The van der Waals surface area contributed by atoms with E-state index in [1.165, 1.54) is 11.3 Å². The SMILES string of the molecule is Cc1ccccc1N1CCCN(CCC(=O)Nc2cccnc2)CC1. The molecule has 1 fully saturated rings. The van der Waals surface area contributed by atoms with Crippen LogP contribution in [0.5, 0.6) is 0 Å². The van der Waals surface area contributed by atoms with E-state index in [1.54, 1.807) is 12.4 Å². The van der Waals surface area contributed by atoms with Gasteiger partial charge in [-0.3, -0.25) is 9.78 Å². The highest BCUT2D eigenvalue weighted by Gasteiger charge is 2.17. The molecule has 0 bridgehead atoms. The van der Waals surface area contributed by atoms with Gasteiger partial charge in [-0.05, 0) is 43.7 Å². The number of aryl methyl sites for hydroxylation is 1. The van der Waals surface area contributed by atoms with Crippen LogP contribution in [0, 0.1) is 6.92 Å². The molecule has 0 saturated carbocycles. The number of para-hydroxylation sites is 1. The van der Waals surface area contributed by atoms with Crippen LogP contribution < -0.4 is 10.2 Å². The fraction of sp³-hybridized carbons (Fsp3) is 0.400. The van der Waals surface area contributed by atoms with Crippen molar-refractivity contribution in [3.63, 3.8) is 0 Å². The normalized spacial score (nSPS) is 15.6. The molecule has 1 N–H and O–H groups in total. The Bertz CT molecular complexity index is 689. The number of pyridine rings is 1. The molecule has 2 aromatic rings. The van der Waals surface area contributed by atoms with Crippen molar-refractivity contribution in [2.45, 2.75) is 19.8 Å². The number of aromatic nitrogens is 1. The lowest BCUT2D eigenvalue weighted by Gasteiger charge is -2.25. The lowest BCUT2D eigenvalue weighted by atomic mass is 10.2. The molecule has 1 aromatic carbocycles. The van der Waals surface area contributed by atoms with Gasteiger partial charge in [0.25, 0.3) is 0 Å². The first-order chi connectivity index (χ1) is 12.2. The summed E-state index contributed by atoms with van der Waals surface area (Å²) >= 11 is 0. The minimum atomic E-state index is 0.0491. The predicted molar refractivity (Wildman–Crippen MR) is 102 cm³/mol. The largest absolute Gasteiger partial charge is 0.370 e. The molecule has 0 aliphatic carbocycles. The monoisotopic (exact) mass is 338 g/mol. The second kappa shape index (κ2) is 8.62. The molecule has 132 valence electrons. The standard InChI is InChI=1S/C20H26N4O/c1-17-6-2-3-8-19(17)24-12-5-11-23(14-15-24)13-9-20(25)22-18-7-4-10-21-16-18/h2-4,6-8,10,16H,5,9,11-15H2,1H3,(H,22,25). The zero-order valence-electron chi connectivity index (χ0n) is 14.8. The summed E-state index contributed by atoms with van der Waals surface area (Å²) < 4.78 is 0. The van der Waals surface area contributed by atoms with Crippen molar-refractivity contribution < 1.29 is 4.79 Å². The van der Waals surface area contributed by atoms with E-state index in [0.29, 0.717) is 6.42 Å². The predicted octanol–water partition coefficient (Wildman–Crippen LogP) is 2.93. The summed E-state index contributed by atoms with van der Waals surface area (Å²) in [6, 6.07) is 12.2. The molecule has 1 amide bonds. The molecular formula is C20H26N4O. The molecule has 25 heavy (non-hydrogen) atoms. The number of nitrogens with one attached hydrogen (secondary N) is 1. The van der Waals surface area contributed by atoms with Crippen LogP contribution in [-0.4, -0.2) is 48.5 Å². The summed E-state index contributed by atoms with van der Waals surface area (Å²) in [5, 5.41) is 2.90. The highest BCUT2D eigenvalue weighted by molar-refractivity contribution is 5.90. The van der Waals surface area contributed by atoms with Crippen molar-refractivity contribution in [2.75, 3.05) is 42.9 Å². The van der Waals surface area contributed by atoms with Crippen LogP contribution >= 0.6 is 0 Å². The van der Waals surface area contributed by atoms with Crippen LogP contribution in [0.3, 0.4) is 0 Å². The van der Waals surface area contributed by atoms with Gasteiger partial charge >= 0.3 is 0 Å². The number of carbonyl (C=O) groups excluding carboxylic acids is 1. The van der Waals surface area contributed by atoms with Crippen LogP contribution in [-0.2, 0) is 4.79 Å². The third-order valence-electron chi connectivity index (χ3n) is 4.65. The van der Waals surface area contributed by atoms with Crippen LogP contribution in [0.15, 0.2) is 48.8 Å². The van der Waals surface area contributed by atoms with Crippen LogP contribution in [0.1, 0.15) is 18.4 Å². The molecule has 1 saturated heterocycles. The van der Waals surface area contributed by atoms with E-state index < -0.39 is 0 Å². The first-order valence-electron chi connectivity index (χ1n) is 8.95. The van der Waals surface area contributed by atoms with E-state index in [1.807, 2.05) is 12.1 Å². The van der Waals surface area contributed by atoms with Crippen molar-refractivity contribution in [2.24, 2.45) is 0 Å². The van der Waals surface area contributed by atoms with Gasteiger partial charge in [0.1, 0.15) is 0 Å². The van der Waals surface area contributed by atoms with Gasteiger partial charge in [-0.25, -0.2) is 0 Å². The minimum absolute atomic E-state index is 0.0491. The fourth-order valence-electron chi connectivity index (χ4n) is 3.27. The molecule has 1 aromatic heterocycles. The number of rotatable bonds is 5. The third kappa shape index (κ3) is 5.03. The Morgan fingerprint density at radius 1 is 1.12 bits per heavy atom. The maximum Gasteiger partial charge on any atom is 0.225 e. The maximum absolute atomic E-state index is 12.1. The molecule has 3 rings (SSSR count). The van der Waals surface area contributed by atoms with E-state index in [4.69, 9.17) is 0 Å². The van der Waals surface area contributed by atoms with Crippen molar-refractivity contribution in [3.05, 3.63) is 54.4 Å². The van der Waals surface area contributed by atoms with Crippen LogP contribution in [0.25, 0.3) is 0 Å². The second-order valence-corrected chi connectivity index (χ2v) is 6.51. The first-order valence-corrected chi connectivity index (χ1v) is 8.95. The van der Waals surface area contributed by atoms with Gasteiger partial charge in [-0.2, -0.15) is 0 Å². The molecule has 2 heterocycles. The molecule has 0 radical (unpaired) electrons. The summed E-state index contributed by atoms with van der Waals surface area (Å²) in [6.45, 7) is 7.09. The number of amides is 1. The molecule has 0 spiro atoms. The Hall–Kier alpha value is -2.40. The Kier molecular flexibility index (Phi) is 6.01. The zero-order chi connectivity index (χ0) is 17.5. The summed E-state index contributed by atoms with van der Waals surface area (Å²) in [5.74, 6) is 0.0491. The highest BCUT2D eigenvalue weighted by atomic mass is 16.1. The van der Waals surface area contributed by atoms with Gasteiger partial charge in [0.15, 0.2) is 0 Å². The number of hydrogen-bond donors (Lipinski definition) is 1. The van der Waals surface area contributed by atoms with Gasteiger partial charge in [0.05, 0.1) is 11.9 Å². The fourth-order valence-corrected chi connectivity index (χ4v) is 3.27. The maximum atomic E-state index is 12.1. The van der Waals surface area contributed by atoms with Gasteiger partial charge in [-0.1, -0.05) is 18.2 Å². The van der Waals surface area contributed by atoms with Crippen molar-refractivity contribution in [1.29, 1.82) is 0 Å². The van der Waals surface area contributed by atoms with E-state index in [9.17, 15) is 4.79 Å². The number of nitrogens with zero attached hydrogens (tertiary/aromatic N) is 3. The Labute approximate surface area is 149 Å². The molecule has 0 unspecified atom stereocenters. The summed E-state index contributed by atoms with van der Waals surface area (Å²) in [4.78, 5) is 21.0. The van der Waals surface area contributed by atoms with Gasteiger partial charge in [0, 0.05) is 44.5 Å². The summed E-state index contributed by atoms with van der Waals surface area (Å²) in [6.07, 6.45) is 5.01. The number of carbonyl (C=O) groups is 1. The van der Waals surface area contributed by atoms with Crippen LogP contribution in [0.2, 0.25) is 0 Å². The number of anilines is 2. The van der Waals surface area contributed by atoms with Crippen LogP contribution in [0.4, 0.5) is 11.4 Å². The molecular weight excluding hydrogens is 312 g/mol. The summed E-state index contributed by atoms with van der Waals surface area (Å²) in [7, 11) is 0. The summed E-state index contributed by atoms with van der Waals surface area (Å²) in [5.41, 5.74) is 3.42. The number of hydrogen-bond acceptors (Lipinski definition) is 4. The zero-order valence-corrected chi connectivity index (χ0v) is 14.8. The Morgan fingerprint density at radius 2 is 2.00 bits per heavy atom. The molecule has 5 heteroatoms.